The molecule has 0 amide bonds. The number of aliphatic hydroxyl groups is 1. The van der Waals surface area contributed by atoms with Gasteiger partial charge in [0.25, 0.3) is 0 Å². The van der Waals surface area contributed by atoms with Gasteiger partial charge in [-0.1, -0.05) is 0 Å². The lowest BCUT2D eigenvalue weighted by atomic mass is 10.1. The predicted molar refractivity (Wildman–Crippen MR) is 62.8 cm³/mol. The van der Waals surface area contributed by atoms with Gasteiger partial charge in [0.1, 0.15) is 11.5 Å². The van der Waals surface area contributed by atoms with Gasteiger partial charge < -0.3 is 20.3 Å². The first-order valence-corrected chi connectivity index (χ1v) is 5.33. The SMILES string of the molecule is COc1ccc(O)c(C(C)NC[C@H](C)O)c1. The van der Waals surface area contributed by atoms with Crippen molar-refractivity contribution in [3.05, 3.63) is 23.8 Å². The van der Waals surface area contributed by atoms with E-state index in [0.717, 1.165) is 5.56 Å². The second-order valence-corrected chi connectivity index (χ2v) is 3.90. The van der Waals surface area contributed by atoms with Gasteiger partial charge in [-0.05, 0) is 32.0 Å². The highest BCUT2D eigenvalue weighted by molar-refractivity contribution is 5.41. The smallest absolute Gasteiger partial charge is 0.120 e. The molecule has 16 heavy (non-hydrogen) atoms. The van der Waals surface area contributed by atoms with Crippen LogP contribution in [0.15, 0.2) is 18.2 Å². The number of ether oxygens (including phenoxy) is 1. The summed E-state index contributed by atoms with van der Waals surface area (Å²) in [4.78, 5) is 0. The Morgan fingerprint density at radius 2 is 2.06 bits per heavy atom. The van der Waals surface area contributed by atoms with Crippen LogP contribution in [-0.4, -0.2) is 30.0 Å². The van der Waals surface area contributed by atoms with Crippen molar-refractivity contribution in [2.24, 2.45) is 0 Å². The Morgan fingerprint density at radius 3 is 2.62 bits per heavy atom. The van der Waals surface area contributed by atoms with Gasteiger partial charge in [0.15, 0.2) is 0 Å². The maximum atomic E-state index is 9.71. The average Bonchev–Trinajstić information content (AvgIpc) is 2.26. The molecule has 0 bridgehead atoms. The zero-order chi connectivity index (χ0) is 12.1. The summed E-state index contributed by atoms with van der Waals surface area (Å²) in [5, 5.41) is 22.0. The zero-order valence-corrected chi connectivity index (χ0v) is 9.90. The first-order chi connectivity index (χ1) is 7.54. The number of hydrogen-bond donors (Lipinski definition) is 3. The molecule has 0 aromatic heterocycles. The number of aliphatic hydroxyl groups excluding tert-OH is 1. The van der Waals surface area contributed by atoms with E-state index in [1.165, 1.54) is 0 Å². The van der Waals surface area contributed by atoms with Crippen molar-refractivity contribution in [3.63, 3.8) is 0 Å². The van der Waals surface area contributed by atoms with E-state index in [4.69, 9.17) is 9.84 Å². The Balaban J connectivity index is 2.76. The molecule has 3 N–H and O–H groups in total. The number of phenols is 1. The first-order valence-electron chi connectivity index (χ1n) is 5.33. The maximum Gasteiger partial charge on any atom is 0.120 e. The Bertz CT molecular complexity index is 339. The molecule has 0 saturated heterocycles. The van der Waals surface area contributed by atoms with Crippen LogP contribution >= 0.6 is 0 Å². The van der Waals surface area contributed by atoms with Crippen LogP contribution in [0.3, 0.4) is 0 Å². The Hall–Kier alpha value is -1.26. The number of rotatable bonds is 5. The van der Waals surface area contributed by atoms with E-state index in [9.17, 15) is 5.11 Å². The Morgan fingerprint density at radius 1 is 1.38 bits per heavy atom. The standard InChI is InChI=1S/C12H19NO3/c1-8(14)7-13-9(2)11-6-10(16-3)4-5-12(11)15/h4-6,8-9,13-15H,7H2,1-3H3/t8-,9?/m0/s1. The third kappa shape index (κ3) is 3.40. The third-order valence-corrected chi connectivity index (χ3v) is 2.42. The lowest BCUT2D eigenvalue weighted by Crippen LogP contribution is -2.27. The van der Waals surface area contributed by atoms with Crippen LogP contribution in [0.25, 0.3) is 0 Å². The van der Waals surface area contributed by atoms with Crippen LogP contribution in [-0.2, 0) is 0 Å². The van der Waals surface area contributed by atoms with Gasteiger partial charge in [0.05, 0.1) is 13.2 Å². The topological polar surface area (TPSA) is 61.7 Å². The van der Waals surface area contributed by atoms with Gasteiger partial charge in [-0.25, -0.2) is 0 Å². The highest BCUT2D eigenvalue weighted by Gasteiger charge is 2.11. The van der Waals surface area contributed by atoms with Crippen molar-refractivity contribution < 1.29 is 14.9 Å². The summed E-state index contributed by atoms with van der Waals surface area (Å²) in [7, 11) is 1.59. The molecule has 4 heteroatoms. The lowest BCUT2D eigenvalue weighted by molar-refractivity contribution is 0.187. The van der Waals surface area contributed by atoms with Crippen molar-refractivity contribution in [1.82, 2.24) is 5.32 Å². The normalized spacial score (nSPS) is 14.5. The molecule has 4 nitrogen and oxygen atoms in total. The van der Waals surface area contributed by atoms with Gasteiger partial charge in [-0.15, -0.1) is 0 Å². The minimum absolute atomic E-state index is 0.0373. The number of hydrogen-bond acceptors (Lipinski definition) is 4. The van der Waals surface area contributed by atoms with Crippen LogP contribution in [0, 0.1) is 0 Å². The van der Waals surface area contributed by atoms with Crippen molar-refractivity contribution in [3.8, 4) is 11.5 Å². The molecule has 0 heterocycles. The van der Waals surface area contributed by atoms with Crippen molar-refractivity contribution >= 4 is 0 Å². The van der Waals surface area contributed by atoms with E-state index < -0.39 is 6.10 Å². The Labute approximate surface area is 95.9 Å². The van der Waals surface area contributed by atoms with Crippen molar-refractivity contribution in [2.45, 2.75) is 26.0 Å². The van der Waals surface area contributed by atoms with Crippen molar-refractivity contribution in [1.29, 1.82) is 0 Å². The fourth-order valence-corrected chi connectivity index (χ4v) is 1.46. The Kier molecular flexibility index (Phi) is 4.58. The van der Waals surface area contributed by atoms with E-state index in [-0.39, 0.29) is 11.8 Å². The van der Waals surface area contributed by atoms with Gasteiger partial charge in [-0.2, -0.15) is 0 Å². The molecule has 0 radical (unpaired) electrons. The highest BCUT2D eigenvalue weighted by atomic mass is 16.5. The number of aromatic hydroxyl groups is 1. The van der Waals surface area contributed by atoms with Gasteiger partial charge in [0.2, 0.25) is 0 Å². The minimum Gasteiger partial charge on any atom is -0.508 e. The molecule has 90 valence electrons. The molecule has 1 aromatic carbocycles. The van der Waals surface area contributed by atoms with Crippen molar-refractivity contribution in [2.75, 3.05) is 13.7 Å². The van der Waals surface area contributed by atoms with Gasteiger partial charge in [-0.3, -0.25) is 0 Å². The predicted octanol–water partition coefficient (Wildman–Crippen LogP) is 1.43. The van der Waals surface area contributed by atoms with E-state index in [2.05, 4.69) is 5.32 Å². The van der Waals surface area contributed by atoms with Gasteiger partial charge >= 0.3 is 0 Å². The summed E-state index contributed by atoms with van der Waals surface area (Å²) in [6.45, 7) is 4.12. The monoisotopic (exact) mass is 225 g/mol. The maximum absolute atomic E-state index is 9.71. The summed E-state index contributed by atoms with van der Waals surface area (Å²) in [5.74, 6) is 0.935. The minimum atomic E-state index is -0.407. The van der Waals surface area contributed by atoms with E-state index in [0.29, 0.717) is 12.3 Å². The summed E-state index contributed by atoms with van der Waals surface area (Å²) in [5.41, 5.74) is 0.764. The number of methoxy groups -OCH3 is 1. The molecular weight excluding hydrogens is 206 g/mol. The fourth-order valence-electron chi connectivity index (χ4n) is 1.46. The van der Waals surface area contributed by atoms with E-state index in [1.807, 2.05) is 6.92 Å². The summed E-state index contributed by atoms with van der Waals surface area (Å²) in [6, 6.07) is 5.06. The summed E-state index contributed by atoms with van der Waals surface area (Å²) >= 11 is 0. The summed E-state index contributed by atoms with van der Waals surface area (Å²) in [6.07, 6.45) is -0.407. The van der Waals surface area contributed by atoms with Crippen LogP contribution in [0.1, 0.15) is 25.5 Å². The largest absolute Gasteiger partial charge is 0.508 e. The second-order valence-electron chi connectivity index (χ2n) is 3.90. The highest BCUT2D eigenvalue weighted by Crippen LogP contribution is 2.28. The second kappa shape index (κ2) is 5.72. The summed E-state index contributed by atoms with van der Waals surface area (Å²) < 4.78 is 5.10. The zero-order valence-electron chi connectivity index (χ0n) is 9.90. The number of benzene rings is 1. The molecule has 0 aliphatic carbocycles. The van der Waals surface area contributed by atoms with Crippen LogP contribution in [0.4, 0.5) is 0 Å². The van der Waals surface area contributed by atoms with Gasteiger partial charge in [0, 0.05) is 18.2 Å². The van der Waals surface area contributed by atoms with Crippen LogP contribution in [0.5, 0.6) is 11.5 Å². The number of nitrogens with one attached hydrogen (secondary N) is 1. The first kappa shape index (κ1) is 12.8. The molecule has 0 fully saturated rings. The molecule has 1 unspecified atom stereocenters. The molecule has 0 aliphatic heterocycles. The van der Waals surface area contributed by atoms with Crippen LogP contribution in [0.2, 0.25) is 0 Å². The average molecular weight is 225 g/mol. The molecule has 0 saturated carbocycles. The van der Waals surface area contributed by atoms with E-state index in [1.54, 1.807) is 32.2 Å². The third-order valence-electron chi connectivity index (χ3n) is 2.42. The molecule has 1 aromatic rings. The fraction of sp³-hybridized carbons (Fsp3) is 0.500. The molecule has 0 spiro atoms. The molecule has 1 rings (SSSR count). The lowest BCUT2D eigenvalue weighted by Gasteiger charge is -2.17. The number of phenolic OH excluding ortho intramolecular Hbond substituents is 1. The molecular formula is C12H19NO3. The quantitative estimate of drug-likeness (QED) is 0.709. The molecule has 0 aliphatic rings. The van der Waals surface area contributed by atoms with Crippen LogP contribution < -0.4 is 10.1 Å². The van der Waals surface area contributed by atoms with E-state index >= 15 is 0 Å². The molecule has 2 atom stereocenters.